The van der Waals surface area contributed by atoms with Gasteiger partial charge in [-0.25, -0.2) is 0 Å². The number of benzene rings is 4. The average molecular weight is 1680 g/mol. The standard InChI is InChI=1S/4C13H11N2O3.4C4H9.4C2H6.4Y/c4*16-11-6-5-10(12(17)14-11)15-7-8-3-1-2-4-9(8)13(15)18;4*1-4(2)3;4*1-2;;;;/h2-4,10H,5-7H2,(H,14,16,17);1,3-4,10H,5-7H2,(H,14,16,17);1-2,4,10H,5-7H2,(H,14,16,17);1-3,10H,5-7H2,(H,14,16,17);4*1-3H3;4*1-2H3;;;;/q8*-1;;;;;;;;. The van der Waals surface area contributed by atoms with Crippen molar-refractivity contribution in [1.29, 1.82) is 0 Å². The van der Waals surface area contributed by atoms with E-state index in [-0.39, 0.29) is 227 Å². The summed E-state index contributed by atoms with van der Waals surface area (Å²) in [6.07, 6.45) is 2.70. The molecule has 8 aliphatic heterocycles. The molecule has 4 fully saturated rings. The molecule has 4 aromatic carbocycles. The van der Waals surface area contributed by atoms with Crippen LogP contribution >= 0.6 is 0 Å². The first-order chi connectivity index (χ1) is 45.6. The van der Waals surface area contributed by atoms with Gasteiger partial charge in [0.1, 0.15) is 24.2 Å². The Morgan fingerprint density at radius 1 is 0.340 bits per heavy atom. The number of imide groups is 4. The Morgan fingerprint density at radius 3 is 1.01 bits per heavy atom. The van der Waals surface area contributed by atoms with Crippen molar-refractivity contribution in [1.82, 2.24) is 40.9 Å². The second-order valence-corrected chi connectivity index (χ2v) is 23.9. The summed E-state index contributed by atoms with van der Waals surface area (Å²) in [5, 5.41) is 9.09. The molecule has 20 nitrogen and oxygen atoms in total. The molecule has 12 rings (SSSR count). The van der Waals surface area contributed by atoms with Crippen molar-refractivity contribution in [3.63, 3.8) is 0 Å². The van der Waals surface area contributed by atoms with E-state index in [1.54, 1.807) is 54.6 Å². The number of hydrogen-bond acceptors (Lipinski definition) is 12. The summed E-state index contributed by atoms with van der Waals surface area (Å²) in [6.45, 7) is 42.6. The van der Waals surface area contributed by atoms with E-state index >= 15 is 0 Å². The second-order valence-electron chi connectivity index (χ2n) is 23.9. The van der Waals surface area contributed by atoms with Gasteiger partial charge in [0.15, 0.2) is 17.7 Å². The summed E-state index contributed by atoms with van der Waals surface area (Å²) in [4.78, 5) is 146. The third kappa shape index (κ3) is 33.2. The van der Waals surface area contributed by atoms with Crippen LogP contribution < -0.4 is 21.3 Å². The van der Waals surface area contributed by atoms with Crippen LogP contribution in [0.15, 0.2) is 72.8 Å². The quantitative estimate of drug-likeness (QED) is 0.110. The van der Waals surface area contributed by atoms with Gasteiger partial charge in [0.2, 0.25) is 53.2 Å². The number of hydrogen-bond donors (Lipinski definition) is 4. The van der Waals surface area contributed by atoms with Crippen LogP contribution in [0.4, 0.5) is 0 Å². The zero-order valence-corrected chi connectivity index (χ0v) is 74.1. The number of rotatable bonds is 4. The molecular weight excluding hydrogens is 1570 g/mol. The van der Waals surface area contributed by atoms with Crippen molar-refractivity contribution in [2.75, 3.05) is 0 Å². The first kappa shape index (κ1) is 102. The van der Waals surface area contributed by atoms with Gasteiger partial charge in [0.25, 0.3) is 0 Å². The largest absolute Gasteiger partial charge is 0.371 e. The Balaban J connectivity index is -0.000000548. The molecule has 8 heterocycles. The van der Waals surface area contributed by atoms with Crippen molar-refractivity contribution >= 4 is 70.9 Å². The molecule has 8 aliphatic rings. The molecule has 4 radical (unpaired) electrons. The summed E-state index contributed by atoms with van der Waals surface area (Å²) in [5.41, 5.74) is 5.83. The van der Waals surface area contributed by atoms with Crippen molar-refractivity contribution < 1.29 is 188 Å². The van der Waals surface area contributed by atoms with E-state index in [0.717, 1.165) is 22.3 Å². The summed E-state index contributed by atoms with van der Waals surface area (Å²) in [6, 6.07) is 30.5. The predicted molar refractivity (Wildman–Crippen MR) is 372 cm³/mol. The van der Waals surface area contributed by atoms with E-state index in [2.05, 4.69) is 129 Å². The fourth-order valence-corrected chi connectivity index (χ4v) is 9.75. The van der Waals surface area contributed by atoms with Crippen LogP contribution in [0.25, 0.3) is 0 Å². The molecule has 0 bridgehead atoms. The number of piperidine rings is 4. The average Bonchev–Trinajstić information content (AvgIpc) is 1.66. The molecule has 4 saturated heterocycles. The molecule has 4 N–H and O–H groups in total. The Labute approximate surface area is 697 Å². The van der Waals surface area contributed by atoms with E-state index in [1.165, 1.54) is 43.3 Å². The molecule has 12 amide bonds. The van der Waals surface area contributed by atoms with E-state index in [1.807, 2.05) is 73.6 Å². The summed E-state index contributed by atoms with van der Waals surface area (Å²) in [5.74, 6) is 2.43. The molecule has 0 spiro atoms. The van der Waals surface area contributed by atoms with Crippen molar-refractivity contribution in [3.05, 3.63) is 165 Å². The molecule has 100 heavy (non-hydrogen) atoms. The first-order valence-corrected chi connectivity index (χ1v) is 33.2. The second kappa shape index (κ2) is 54.4. The van der Waals surface area contributed by atoms with Crippen LogP contribution in [0.2, 0.25) is 0 Å². The smallest absolute Gasteiger partial charge is 0.249 e. The van der Waals surface area contributed by atoms with Gasteiger partial charge in [-0.2, -0.15) is 156 Å². The maximum atomic E-state index is 12.2. The molecule has 4 aromatic rings. The predicted octanol–water partition coefficient (Wildman–Crippen LogP) is 11.6. The normalized spacial score (nSPS) is 18.2. The van der Waals surface area contributed by atoms with Gasteiger partial charge >= 0.3 is 0 Å². The summed E-state index contributed by atoms with van der Waals surface area (Å²) >= 11 is 0. The van der Waals surface area contributed by atoms with Gasteiger partial charge in [0.05, 0.1) is 0 Å². The van der Waals surface area contributed by atoms with Crippen LogP contribution in [-0.4, -0.2) is 115 Å². The third-order valence-electron chi connectivity index (χ3n) is 13.4. The molecule has 0 aromatic heterocycles. The Morgan fingerprint density at radius 2 is 0.650 bits per heavy atom. The van der Waals surface area contributed by atoms with Gasteiger partial charge in [-0.1, -0.05) is 77.6 Å². The number of nitrogens with zero attached hydrogens (tertiary/aromatic N) is 4. The fraction of sp³-hybridized carbons (Fsp3) is 0.474. The van der Waals surface area contributed by atoms with Gasteiger partial charge < -0.3 is 48.1 Å². The molecule has 540 valence electrons. The number of carbonyl (C=O) groups excluding carboxylic acids is 12. The molecule has 24 heteroatoms. The zero-order valence-electron chi connectivity index (χ0n) is 62.7. The number of fused-ring (bicyclic) bond motifs is 4. The maximum absolute atomic E-state index is 12.2. The van der Waals surface area contributed by atoms with Gasteiger partial charge in [0, 0.05) is 183 Å². The van der Waals surface area contributed by atoms with Crippen molar-refractivity contribution in [3.8, 4) is 0 Å². The Kier molecular flexibility index (Phi) is 55.5. The minimum absolute atomic E-state index is 0. The monoisotopic (exact) mass is 1680 g/mol. The number of carbonyl (C=O) groups is 12. The molecular formula is C76H104N8O12Y4-8. The summed E-state index contributed by atoms with van der Waals surface area (Å²) < 4.78 is 0. The number of nitrogens with one attached hydrogen (secondary N) is 4. The molecule has 0 saturated carbocycles. The SMILES string of the molecule is CC.CC.CC.CC.C[C-](C)C.C[C-](C)C.C[C-](C)C.C[C-](C)C.O=C1CCC(N2Cc3[c-]cccc3C2=O)C(=O)N1.O=C1CCC(N2Cc3c[c-]ccc3C2=O)C(=O)N1.O=C1CCC(N2Cc3cc[c-]cc3C2=O)C(=O)N1.O=C1CCC(N2Cc3ccc[c-]c3C2=O)C(=O)N1.[Y].[Y].[Y].[Y]. The van der Waals surface area contributed by atoms with Gasteiger partial charge in [-0.05, 0) is 25.7 Å². The van der Waals surface area contributed by atoms with E-state index in [0.29, 0.717) is 74.1 Å². The molecule has 0 aliphatic carbocycles. The van der Waals surface area contributed by atoms with Crippen LogP contribution in [0, 0.1) is 47.9 Å². The number of amides is 12. The van der Waals surface area contributed by atoms with Crippen LogP contribution in [0.3, 0.4) is 0 Å². The minimum atomic E-state index is -0.545. The topological polar surface area (TPSA) is 266 Å². The minimum Gasteiger partial charge on any atom is -0.371 e. The van der Waals surface area contributed by atoms with Crippen LogP contribution in [0.5, 0.6) is 0 Å². The van der Waals surface area contributed by atoms with E-state index in [9.17, 15) is 57.5 Å². The zero-order chi connectivity index (χ0) is 73.1. The van der Waals surface area contributed by atoms with E-state index in [4.69, 9.17) is 0 Å². The van der Waals surface area contributed by atoms with Crippen LogP contribution in [-0.2, 0) is 195 Å². The van der Waals surface area contributed by atoms with Crippen molar-refractivity contribution in [2.24, 2.45) is 0 Å². The molecule has 4 unspecified atom stereocenters. The first-order valence-electron chi connectivity index (χ1n) is 33.2. The van der Waals surface area contributed by atoms with Gasteiger partial charge in [-0.3, -0.25) is 74.0 Å². The van der Waals surface area contributed by atoms with Crippen LogP contribution in [0.1, 0.15) is 254 Å². The fourth-order valence-electron chi connectivity index (χ4n) is 9.75. The molecule has 4 atom stereocenters. The Hall–Kier alpha value is -4.26. The van der Waals surface area contributed by atoms with Gasteiger partial charge in [-0.15, -0.1) is 46.5 Å². The summed E-state index contributed by atoms with van der Waals surface area (Å²) in [7, 11) is 0. The Bertz CT molecular complexity index is 2820. The maximum Gasteiger partial charge on any atom is 0.249 e. The van der Waals surface area contributed by atoms with E-state index < -0.39 is 24.2 Å². The third-order valence-corrected chi connectivity index (χ3v) is 13.4. The van der Waals surface area contributed by atoms with Crippen molar-refractivity contribution in [2.45, 2.75) is 240 Å².